The lowest BCUT2D eigenvalue weighted by Crippen LogP contribution is -2.39. The first kappa shape index (κ1) is 11.4. The Kier molecular flexibility index (Phi) is 5.18. The van der Waals surface area contributed by atoms with Gasteiger partial charge in [-0.15, -0.1) is 0 Å². The van der Waals surface area contributed by atoms with Crippen LogP contribution in [0.25, 0.3) is 0 Å². The first-order chi connectivity index (χ1) is 6.22. The first-order valence-electron chi connectivity index (χ1n) is 5.60. The molecule has 1 saturated carbocycles. The quantitative estimate of drug-likeness (QED) is 0.750. The number of nitrogens with one attached hydrogen (secondary N) is 1. The summed E-state index contributed by atoms with van der Waals surface area (Å²) in [5.74, 6) is 1.28. The van der Waals surface area contributed by atoms with E-state index in [1.54, 1.807) is 0 Å². The van der Waals surface area contributed by atoms with Crippen LogP contribution in [0.1, 0.15) is 46.5 Å². The minimum Gasteiger partial charge on any atom is -0.312 e. The molecule has 0 spiro atoms. The van der Waals surface area contributed by atoms with Gasteiger partial charge in [-0.05, 0) is 25.0 Å². The molecule has 0 aromatic rings. The monoisotopic (exact) mass is 201 g/mol. The fourth-order valence-corrected chi connectivity index (χ4v) is 3.33. The summed E-state index contributed by atoms with van der Waals surface area (Å²) < 4.78 is 0. The highest BCUT2D eigenvalue weighted by atomic mass is 32.2. The zero-order valence-corrected chi connectivity index (χ0v) is 9.99. The maximum Gasteiger partial charge on any atom is 0.00799 e. The Morgan fingerprint density at radius 3 is 2.77 bits per heavy atom. The number of hydrogen-bond donors (Lipinski definition) is 1. The fourth-order valence-electron chi connectivity index (χ4n) is 2.15. The third-order valence-corrected chi connectivity index (χ3v) is 3.83. The Bertz CT molecular complexity index is 134. The molecule has 1 fully saturated rings. The molecule has 0 radical (unpaired) electrons. The molecule has 0 aromatic heterocycles. The molecule has 78 valence electrons. The van der Waals surface area contributed by atoms with Gasteiger partial charge in [0.2, 0.25) is 0 Å². The third-order valence-electron chi connectivity index (χ3n) is 2.60. The second-order valence-corrected chi connectivity index (χ2v) is 5.84. The normalized spacial score (nSPS) is 29.5. The Balaban J connectivity index is 2.24. The molecule has 0 heterocycles. The molecule has 13 heavy (non-hydrogen) atoms. The minimum atomic E-state index is 0.648. The van der Waals surface area contributed by atoms with Crippen molar-refractivity contribution in [3.8, 4) is 0 Å². The second kappa shape index (κ2) is 5.92. The molecule has 2 atom stereocenters. The SMILES string of the molecule is CCSC1CCCC(NC(C)C)C1. The minimum absolute atomic E-state index is 0.648. The number of hydrogen-bond acceptors (Lipinski definition) is 2. The van der Waals surface area contributed by atoms with Crippen LogP contribution >= 0.6 is 11.8 Å². The zero-order chi connectivity index (χ0) is 9.68. The van der Waals surface area contributed by atoms with E-state index in [0.29, 0.717) is 6.04 Å². The molecular weight excluding hydrogens is 178 g/mol. The highest BCUT2D eigenvalue weighted by molar-refractivity contribution is 7.99. The van der Waals surface area contributed by atoms with Crippen molar-refractivity contribution in [3.05, 3.63) is 0 Å². The Hall–Kier alpha value is 0.310. The van der Waals surface area contributed by atoms with E-state index in [9.17, 15) is 0 Å². The summed E-state index contributed by atoms with van der Waals surface area (Å²) in [4.78, 5) is 0. The van der Waals surface area contributed by atoms with Crippen LogP contribution in [-0.4, -0.2) is 23.1 Å². The third kappa shape index (κ3) is 4.37. The van der Waals surface area contributed by atoms with Gasteiger partial charge in [0.25, 0.3) is 0 Å². The van der Waals surface area contributed by atoms with Crippen molar-refractivity contribution in [2.45, 2.75) is 63.8 Å². The molecule has 2 heteroatoms. The average molecular weight is 201 g/mol. The van der Waals surface area contributed by atoms with Gasteiger partial charge in [0.1, 0.15) is 0 Å². The Morgan fingerprint density at radius 1 is 1.38 bits per heavy atom. The van der Waals surface area contributed by atoms with E-state index < -0.39 is 0 Å². The predicted molar refractivity (Wildman–Crippen MR) is 62.4 cm³/mol. The lowest BCUT2D eigenvalue weighted by molar-refractivity contribution is 0.358. The van der Waals surface area contributed by atoms with Crippen LogP contribution in [0.5, 0.6) is 0 Å². The van der Waals surface area contributed by atoms with Gasteiger partial charge < -0.3 is 5.32 Å². The Labute approximate surface area is 87.1 Å². The lowest BCUT2D eigenvalue weighted by atomic mass is 9.94. The highest BCUT2D eigenvalue weighted by Gasteiger charge is 2.21. The molecule has 1 rings (SSSR count). The zero-order valence-electron chi connectivity index (χ0n) is 9.18. The average Bonchev–Trinajstić information content (AvgIpc) is 2.04. The van der Waals surface area contributed by atoms with Gasteiger partial charge in [0.05, 0.1) is 0 Å². The molecule has 0 saturated heterocycles. The van der Waals surface area contributed by atoms with Crippen LogP contribution in [0, 0.1) is 0 Å². The fraction of sp³-hybridized carbons (Fsp3) is 1.00. The Morgan fingerprint density at radius 2 is 2.15 bits per heavy atom. The summed E-state index contributed by atoms with van der Waals surface area (Å²) in [6, 6.07) is 1.44. The standard InChI is InChI=1S/C11H23NS/c1-4-13-11-7-5-6-10(8-11)12-9(2)3/h9-12H,4-8H2,1-3H3. The largest absolute Gasteiger partial charge is 0.312 e. The number of rotatable bonds is 4. The molecular formula is C11H23NS. The second-order valence-electron chi connectivity index (χ2n) is 4.26. The summed E-state index contributed by atoms with van der Waals surface area (Å²) >= 11 is 2.14. The molecule has 1 aliphatic carbocycles. The van der Waals surface area contributed by atoms with Crippen molar-refractivity contribution in [2.75, 3.05) is 5.75 Å². The van der Waals surface area contributed by atoms with E-state index in [0.717, 1.165) is 11.3 Å². The van der Waals surface area contributed by atoms with Crippen LogP contribution in [0.15, 0.2) is 0 Å². The molecule has 0 aromatic carbocycles. The summed E-state index contributed by atoms with van der Waals surface area (Å²) in [7, 11) is 0. The van der Waals surface area contributed by atoms with E-state index in [2.05, 4.69) is 37.8 Å². The van der Waals surface area contributed by atoms with Gasteiger partial charge >= 0.3 is 0 Å². The molecule has 1 N–H and O–H groups in total. The maximum absolute atomic E-state index is 3.66. The molecule has 0 bridgehead atoms. The molecule has 2 unspecified atom stereocenters. The van der Waals surface area contributed by atoms with Crippen LogP contribution in [0.4, 0.5) is 0 Å². The van der Waals surface area contributed by atoms with Crippen molar-refractivity contribution in [1.82, 2.24) is 5.32 Å². The number of thioether (sulfide) groups is 1. The summed E-state index contributed by atoms with van der Waals surface area (Å²) in [6.45, 7) is 6.76. The van der Waals surface area contributed by atoms with Gasteiger partial charge in [-0.25, -0.2) is 0 Å². The van der Waals surface area contributed by atoms with Crippen molar-refractivity contribution >= 4 is 11.8 Å². The van der Waals surface area contributed by atoms with Gasteiger partial charge in [-0.3, -0.25) is 0 Å². The van der Waals surface area contributed by atoms with Crippen molar-refractivity contribution in [3.63, 3.8) is 0 Å². The van der Waals surface area contributed by atoms with Crippen LogP contribution in [0.3, 0.4) is 0 Å². The van der Waals surface area contributed by atoms with Gasteiger partial charge in [-0.2, -0.15) is 11.8 Å². The lowest BCUT2D eigenvalue weighted by Gasteiger charge is -2.30. The van der Waals surface area contributed by atoms with Crippen molar-refractivity contribution < 1.29 is 0 Å². The molecule has 0 amide bonds. The summed E-state index contributed by atoms with van der Waals surface area (Å²) in [6.07, 6.45) is 5.63. The molecule has 1 aliphatic rings. The van der Waals surface area contributed by atoms with Gasteiger partial charge in [0, 0.05) is 17.3 Å². The van der Waals surface area contributed by atoms with E-state index in [1.807, 2.05) is 0 Å². The molecule has 0 aliphatic heterocycles. The van der Waals surface area contributed by atoms with Crippen molar-refractivity contribution in [2.24, 2.45) is 0 Å². The topological polar surface area (TPSA) is 12.0 Å². The smallest absolute Gasteiger partial charge is 0.00799 e. The predicted octanol–water partition coefficient (Wildman–Crippen LogP) is 3.05. The van der Waals surface area contributed by atoms with Crippen LogP contribution in [-0.2, 0) is 0 Å². The summed E-state index contributed by atoms with van der Waals surface area (Å²) in [5, 5.41) is 4.58. The van der Waals surface area contributed by atoms with Gasteiger partial charge in [-0.1, -0.05) is 27.2 Å². The van der Waals surface area contributed by atoms with E-state index in [-0.39, 0.29) is 0 Å². The summed E-state index contributed by atoms with van der Waals surface area (Å²) in [5.41, 5.74) is 0. The van der Waals surface area contributed by atoms with Gasteiger partial charge in [0.15, 0.2) is 0 Å². The highest BCUT2D eigenvalue weighted by Crippen LogP contribution is 2.28. The van der Waals surface area contributed by atoms with E-state index >= 15 is 0 Å². The van der Waals surface area contributed by atoms with E-state index in [4.69, 9.17) is 0 Å². The maximum atomic E-state index is 3.66. The van der Waals surface area contributed by atoms with E-state index in [1.165, 1.54) is 31.4 Å². The molecule has 1 nitrogen and oxygen atoms in total. The van der Waals surface area contributed by atoms with Crippen molar-refractivity contribution in [1.29, 1.82) is 0 Å². The van der Waals surface area contributed by atoms with Crippen LogP contribution < -0.4 is 5.32 Å². The van der Waals surface area contributed by atoms with Crippen LogP contribution in [0.2, 0.25) is 0 Å². The first-order valence-corrected chi connectivity index (χ1v) is 6.65.